The lowest BCUT2D eigenvalue weighted by Gasteiger charge is -2.22. The lowest BCUT2D eigenvalue weighted by Crippen LogP contribution is -2.35. The van der Waals surface area contributed by atoms with E-state index in [0.29, 0.717) is 39.1 Å². The van der Waals surface area contributed by atoms with Gasteiger partial charge < -0.3 is 4.90 Å². The lowest BCUT2D eigenvalue weighted by atomic mass is 10.0. The third kappa shape index (κ3) is 2.92. The summed E-state index contributed by atoms with van der Waals surface area (Å²) in [5.74, 6) is -0.774. The number of anilines is 2. The largest absolute Gasteiger partial charge is 0.336 e. The summed E-state index contributed by atoms with van der Waals surface area (Å²) >= 11 is 12.4. The van der Waals surface area contributed by atoms with E-state index >= 15 is 0 Å². The summed E-state index contributed by atoms with van der Waals surface area (Å²) in [5, 5.41) is 0.907. The number of hydrogen-bond donors (Lipinski definition) is 0. The predicted molar refractivity (Wildman–Crippen MR) is 120 cm³/mol. The highest BCUT2D eigenvalue weighted by atomic mass is 35.5. The number of fused-ring (bicyclic) bond motifs is 1. The molecule has 2 aliphatic heterocycles. The normalized spacial score (nSPS) is 15.9. The fourth-order valence-corrected chi connectivity index (χ4v) is 4.41. The smallest absolute Gasteiger partial charge is 0.282 e. The van der Waals surface area contributed by atoms with E-state index in [4.69, 9.17) is 23.2 Å². The number of rotatable bonds is 3. The summed E-state index contributed by atoms with van der Waals surface area (Å²) in [7, 11) is 0. The Kier molecular flexibility index (Phi) is 4.61. The minimum absolute atomic E-state index is 0.345. The van der Waals surface area contributed by atoms with Crippen LogP contribution in [-0.2, 0) is 16.0 Å². The molecule has 0 saturated carbocycles. The van der Waals surface area contributed by atoms with Crippen LogP contribution in [0.15, 0.2) is 78.5 Å². The summed E-state index contributed by atoms with van der Waals surface area (Å²) < 4.78 is 0. The Bertz CT molecular complexity index is 1220. The van der Waals surface area contributed by atoms with Gasteiger partial charge in [0.2, 0.25) is 0 Å². The number of para-hydroxylation sites is 2. The van der Waals surface area contributed by atoms with Crippen molar-refractivity contribution in [3.8, 4) is 0 Å². The SMILES string of the molecule is O=C1C(c2ccc(Cl)cc2)=C(N2CCc3ccccc32)C(=O)N1c1ccccc1Cl. The molecule has 3 aromatic rings. The van der Waals surface area contributed by atoms with E-state index in [9.17, 15) is 9.59 Å². The molecule has 0 bridgehead atoms. The molecule has 0 saturated heterocycles. The van der Waals surface area contributed by atoms with Crippen LogP contribution >= 0.6 is 23.2 Å². The minimum atomic E-state index is -0.394. The van der Waals surface area contributed by atoms with Gasteiger partial charge in [-0.1, -0.05) is 65.7 Å². The van der Waals surface area contributed by atoms with Crippen molar-refractivity contribution in [1.29, 1.82) is 0 Å². The molecule has 0 aliphatic carbocycles. The van der Waals surface area contributed by atoms with E-state index in [2.05, 4.69) is 0 Å². The first-order valence-electron chi connectivity index (χ1n) is 9.55. The first kappa shape index (κ1) is 18.9. The third-order valence-corrected chi connectivity index (χ3v) is 6.01. The van der Waals surface area contributed by atoms with Crippen molar-refractivity contribution in [3.63, 3.8) is 0 Å². The van der Waals surface area contributed by atoms with E-state index in [0.717, 1.165) is 17.7 Å². The van der Waals surface area contributed by atoms with Crippen molar-refractivity contribution in [2.24, 2.45) is 0 Å². The molecule has 0 radical (unpaired) electrons. The number of nitrogens with zero attached hydrogens (tertiary/aromatic N) is 2. The second-order valence-corrected chi connectivity index (χ2v) is 8.00. The molecule has 0 N–H and O–H groups in total. The van der Waals surface area contributed by atoms with Gasteiger partial charge in [-0.05, 0) is 47.9 Å². The van der Waals surface area contributed by atoms with Gasteiger partial charge in [0.1, 0.15) is 5.70 Å². The summed E-state index contributed by atoms with van der Waals surface area (Å²) in [4.78, 5) is 30.3. The van der Waals surface area contributed by atoms with Crippen LogP contribution in [0.3, 0.4) is 0 Å². The quantitative estimate of drug-likeness (QED) is 0.522. The van der Waals surface area contributed by atoms with Crippen molar-refractivity contribution in [3.05, 3.63) is 99.7 Å². The Labute approximate surface area is 183 Å². The number of benzene rings is 3. The van der Waals surface area contributed by atoms with Gasteiger partial charge in [-0.2, -0.15) is 0 Å². The molecule has 4 nitrogen and oxygen atoms in total. The molecule has 148 valence electrons. The average molecular weight is 435 g/mol. The fourth-order valence-electron chi connectivity index (χ4n) is 4.07. The molecule has 5 rings (SSSR count). The van der Waals surface area contributed by atoms with Crippen LogP contribution in [0.5, 0.6) is 0 Å². The van der Waals surface area contributed by atoms with Crippen molar-refractivity contribution < 1.29 is 9.59 Å². The molecule has 2 amide bonds. The molecule has 30 heavy (non-hydrogen) atoms. The van der Waals surface area contributed by atoms with Gasteiger partial charge in [-0.3, -0.25) is 9.59 Å². The lowest BCUT2D eigenvalue weighted by molar-refractivity contribution is -0.120. The van der Waals surface area contributed by atoms with Crippen molar-refractivity contribution >= 4 is 52.0 Å². The van der Waals surface area contributed by atoms with Gasteiger partial charge in [-0.15, -0.1) is 0 Å². The zero-order valence-corrected chi connectivity index (χ0v) is 17.3. The molecule has 0 spiro atoms. The van der Waals surface area contributed by atoms with Gasteiger partial charge in [0.25, 0.3) is 11.8 Å². The van der Waals surface area contributed by atoms with Crippen molar-refractivity contribution in [1.82, 2.24) is 0 Å². The van der Waals surface area contributed by atoms with Crippen LogP contribution in [0.25, 0.3) is 5.57 Å². The fraction of sp³-hybridized carbons (Fsp3) is 0.0833. The number of hydrogen-bond acceptors (Lipinski definition) is 3. The zero-order valence-electron chi connectivity index (χ0n) is 15.8. The number of carbonyl (C=O) groups excluding carboxylic acids is 2. The first-order valence-corrected chi connectivity index (χ1v) is 10.3. The summed E-state index contributed by atoms with van der Waals surface area (Å²) in [6.07, 6.45) is 0.807. The van der Waals surface area contributed by atoms with Crippen molar-refractivity contribution in [2.45, 2.75) is 6.42 Å². The maximum absolute atomic E-state index is 13.6. The second-order valence-electron chi connectivity index (χ2n) is 7.16. The van der Waals surface area contributed by atoms with E-state index in [1.807, 2.05) is 29.2 Å². The molecule has 0 aromatic heterocycles. The highest BCUT2D eigenvalue weighted by Gasteiger charge is 2.44. The highest BCUT2D eigenvalue weighted by Crippen LogP contribution is 2.41. The van der Waals surface area contributed by atoms with Gasteiger partial charge in [0.15, 0.2) is 0 Å². The third-order valence-electron chi connectivity index (χ3n) is 5.44. The monoisotopic (exact) mass is 434 g/mol. The van der Waals surface area contributed by atoms with E-state index in [1.54, 1.807) is 48.5 Å². The first-order chi connectivity index (χ1) is 14.6. The zero-order chi connectivity index (χ0) is 20.8. The Balaban J connectivity index is 1.70. The topological polar surface area (TPSA) is 40.6 Å². The number of imide groups is 1. The Hall–Kier alpha value is -3.08. The molecule has 0 fully saturated rings. The maximum atomic E-state index is 13.6. The Morgan fingerprint density at radius 3 is 2.13 bits per heavy atom. The van der Waals surface area contributed by atoms with Crippen LogP contribution in [0.2, 0.25) is 10.0 Å². The van der Waals surface area contributed by atoms with E-state index < -0.39 is 5.91 Å². The van der Waals surface area contributed by atoms with Crippen LogP contribution in [0.4, 0.5) is 11.4 Å². The number of carbonyl (C=O) groups is 2. The molecular formula is C24H16Cl2N2O2. The Morgan fingerprint density at radius 1 is 0.733 bits per heavy atom. The van der Waals surface area contributed by atoms with Gasteiger partial charge >= 0.3 is 0 Å². The number of halogens is 2. The summed E-state index contributed by atoms with van der Waals surface area (Å²) in [6.45, 7) is 0.626. The van der Waals surface area contributed by atoms with E-state index in [-0.39, 0.29) is 5.91 Å². The average Bonchev–Trinajstić information content (AvgIpc) is 3.28. The molecule has 0 atom stereocenters. The van der Waals surface area contributed by atoms with Crippen molar-refractivity contribution in [2.75, 3.05) is 16.3 Å². The van der Waals surface area contributed by atoms with Crippen LogP contribution < -0.4 is 9.80 Å². The van der Waals surface area contributed by atoms with Gasteiger partial charge in [-0.25, -0.2) is 4.90 Å². The molecule has 6 heteroatoms. The van der Waals surface area contributed by atoms with Crippen LogP contribution in [0.1, 0.15) is 11.1 Å². The second kappa shape index (κ2) is 7.31. The maximum Gasteiger partial charge on any atom is 0.282 e. The van der Waals surface area contributed by atoms with Crippen LogP contribution in [-0.4, -0.2) is 18.4 Å². The molecule has 2 heterocycles. The molecule has 3 aromatic carbocycles. The summed E-state index contributed by atoms with van der Waals surface area (Å²) in [5.41, 5.74) is 3.84. The minimum Gasteiger partial charge on any atom is -0.336 e. The van der Waals surface area contributed by atoms with E-state index in [1.165, 1.54) is 4.90 Å². The van der Waals surface area contributed by atoms with Crippen LogP contribution in [0, 0.1) is 0 Å². The highest BCUT2D eigenvalue weighted by molar-refractivity contribution is 6.48. The number of amides is 2. The molecule has 2 aliphatic rings. The summed E-state index contributed by atoms with van der Waals surface area (Å²) in [6, 6.07) is 21.8. The standard InChI is InChI=1S/C24H16Cl2N2O2/c25-17-11-9-16(10-12-17)21-22(27-14-13-15-5-1-3-7-19(15)27)24(30)28(23(21)29)20-8-4-2-6-18(20)26/h1-12H,13-14H2. The van der Waals surface area contributed by atoms with Gasteiger partial charge in [0.05, 0.1) is 16.3 Å². The molecule has 0 unspecified atom stereocenters. The molecular weight excluding hydrogens is 419 g/mol. The van der Waals surface area contributed by atoms with Gasteiger partial charge in [0, 0.05) is 17.3 Å². The Morgan fingerprint density at radius 2 is 1.40 bits per heavy atom. The predicted octanol–water partition coefficient (Wildman–Crippen LogP) is 5.34.